The topological polar surface area (TPSA) is 51.2 Å². The maximum Gasteiger partial charge on any atom is 0.255 e. The Bertz CT molecular complexity index is 352. The van der Waals surface area contributed by atoms with Crippen LogP contribution in [-0.2, 0) is 14.4 Å². The minimum absolute atomic E-state index is 0.108. The second-order valence-corrected chi connectivity index (χ2v) is 3.11. The smallest absolute Gasteiger partial charge is 0.255 e. The Hall–Kier alpha value is -0.930. The summed E-state index contributed by atoms with van der Waals surface area (Å²) in [5.41, 5.74) is 0.0664. The molecule has 0 saturated heterocycles. The van der Waals surface area contributed by atoms with Crippen LogP contribution in [0.3, 0.4) is 0 Å². The third-order valence-electron chi connectivity index (χ3n) is 1.57. The summed E-state index contributed by atoms with van der Waals surface area (Å²) < 4.78 is 0. The lowest BCUT2D eigenvalue weighted by molar-refractivity contribution is -0.119. The first kappa shape index (κ1) is 10.2. The molecule has 0 N–H and O–H groups in total. The minimum atomic E-state index is -0.817. The summed E-state index contributed by atoms with van der Waals surface area (Å²) in [5.74, 6) is -0.480. The van der Waals surface area contributed by atoms with Gasteiger partial charge in [0.2, 0.25) is 5.24 Å². The Morgan fingerprint density at radius 1 is 1.15 bits per heavy atom. The summed E-state index contributed by atoms with van der Waals surface area (Å²) in [5, 5.41) is -1.51. The predicted molar refractivity (Wildman–Crippen MR) is 47.5 cm³/mol. The van der Waals surface area contributed by atoms with E-state index in [-0.39, 0.29) is 17.6 Å². The van der Waals surface area contributed by atoms with Crippen molar-refractivity contribution in [3.05, 3.63) is 23.3 Å². The van der Waals surface area contributed by atoms with E-state index in [1.807, 2.05) is 0 Å². The molecule has 1 aliphatic carbocycles. The maximum atomic E-state index is 11.1. The highest BCUT2D eigenvalue weighted by molar-refractivity contribution is 6.71. The van der Waals surface area contributed by atoms with Crippen molar-refractivity contribution < 1.29 is 14.4 Å². The van der Waals surface area contributed by atoms with Gasteiger partial charge in [-0.05, 0) is 29.3 Å². The van der Waals surface area contributed by atoms with Gasteiger partial charge in [0.05, 0.1) is 5.57 Å². The number of ketones is 1. The second-order valence-electron chi connectivity index (χ2n) is 2.42. The SMILES string of the molecule is O=C(Cl)C1=CC=C(C(=O)Cl)C(=O)C1. The van der Waals surface area contributed by atoms with E-state index in [4.69, 9.17) is 23.2 Å². The molecule has 0 saturated carbocycles. The summed E-state index contributed by atoms with van der Waals surface area (Å²) in [6.07, 6.45) is 2.37. The molecule has 0 atom stereocenters. The summed E-state index contributed by atoms with van der Waals surface area (Å²) >= 11 is 10.2. The first-order valence-electron chi connectivity index (χ1n) is 3.36. The van der Waals surface area contributed by atoms with Crippen molar-refractivity contribution in [3.63, 3.8) is 0 Å². The fourth-order valence-electron chi connectivity index (χ4n) is 0.914. The van der Waals surface area contributed by atoms with Crippen LogP contribution in [0.15, 0.2) is 23.3 Å². The molecule has 0 fully saturated rings. The standard InChI is InChI=1S/C8H4Cl2O3/c9-7(12)4-1-2-5(8(10)13)6(11)3-4/h1-2H,3H2. The van der Waals surface area contributed by atoms with Gasteiger partial charge in [0.15, 0.2) is 5.78 Å². The van der Waals surface area contributed by atoms with Crippen LogP contribution in [0.1, 0.15) is 6.42 Å². The number of rotatable bonds is 2. The number of hydrogen-bond donors (Lipinski definition) is 0. The van der Waals surface area contributed by atoms with Crippen molar-refractivity contribution >= 4 is 39.5 Å². The molecule has 0 amide bonds. The number of carbonyl (C=O) groups excluding carboxylic acids is 3. The van der Waals surface area contributed by atoms with E-state index in [0.29, 0.717) is 0 Å². The average Bonchev–Trinajstić information content (AvgIpc) is 2.03. The number of allylic oxidation sites excluding steroid dienone is 4. The molecule has 68 valence electrons. The zero-order valence-electron chi connectivity index (χ0n) is 6.34. The molecule has 0 aromatic rings. The van der Waals surface area contributed by atoms with Crippen molar-refractivity contribution in [3.8, 4) is 0 Å². The van der Waals surface area contributed by atoms with E-state index in [1.54, 1.807) is 0 Å². The molecule has 1 aliphatic rings. The molecule has 0 bridgehead atoms. The summed E-state index contributed by atoms with van der Waals surface area (Å²) in [7, 11) is 0. The molecule has 5 heteroatoms. The van der Waals surface area contributed by atoms with E-state index >= 15 is 0 Å². The predicted octanol–water partition coefficient (Wildman–Crippen LogP) is 1.34. The third kappa shape index (κ3) is 2.26. The van der Waals surface area contributed by atoms with Crippen LogP contribution in [0.2, 0.25) is 0 Å². The van der Waals surface area contributed by atoms with Crippen molar-refractivity contribution in [1.82, 2.24) is 0 Å². The van der Waals surface area contributed by atoms with Gasteiger partial charge in [-0.3, -0.25) is 14.4 Å². The van der Waals surface area contributed by atoms with Gasteiger partial charge in [0, 0.05) is 12.0 Å². The van der Waals surface area contributed by atoms with Crippen molar-refractivity contribution in [2.24, 2.45) is 0 Å². The lowest BCUT2D eigenvalue weighted by Gasteiger charge is -2.06. The Morgan fingerprint density at radius 3 is 2.15 bits per heavy atom. The maximum absolute atomic E-state index is 11.1. The molecule has 0 aliphatic heterocycles. The lowest BCUT2D eigenvalue weighted by Crippen LogP contribution is -2.14. The third-order valence-corrected chi connectivity index (χ3v) is 2.01. The van der Waals surface area contributed by atoms with Gasteiger partial charge in [0.25, 0.3) is 5.24 Å². The largest absolute Gasteiger partial charge is 0.294 e. The molecule has 0 aromatic carbocycles. The molecule has 0 heterocycles. The average molecular weight is 219 g/mol. The zero-order chi connectivity index (χ0) is 10.0. The van der Waals surface area contributed by atoms with Crippen LogP contribution in [-0.4, -0.2) is 16.3 Å². The van der Waals surface area contributed by atoms with Crippen LogP contribution in [0.5, 0.6) is 0 Å². The van der Waals surface area contributed by atoms with Crippen molar-refractivity contribution in [2.45, 2.75) is 6.42 Å². The molecular formula is C8H4Cl2O3. The van der Waals surface area contributed by atoms with E-state index in [9.17, 15) is 14.4 Å². The Labute approximate surface area is 84.0 Å². The van der Waals surface area contributed by atoms with Gasteiger partial charge >= 0.3 is 0 Å². The first-order valence-corrected chi connectivity index (χ1v) is 4.11. The van der Waals surface area contributed by atoms with Gasteiger partial charge < -0.3 is 0 Å². The van der Waals surface area contributed by atoms with Crippen LogP contribution >= 0.6 is 23.2 Å². The quantitative estimate of drug-likeness (QED) is 0.520. The lowest BCUT2D eigenvalue weighted by atomic mass is 9.99. The van der Waals surface area contributed by atoms with Crippen LogP contribution in [0, 0.1) is 0 Å². The molecule has 3 nitrogen and oxygen atoms in total. The normalized spacial score (nSPS) is 16.3. The molecule has 1 rings (SSSR count). The highest BCUT2D eigenvalue weighted by Gasteiger charge is 2.22. The molecule has 0 unspecified atom stereocenters. The fraction of sp³-hybridized carbons (Fsp3) is 0.125. The first-order chi connectivity index (χ1) is 6.02. The van der Waals surface area contributed by atoms with Gasteiger partial charge in [0.1, 0.15) is 0 Å². The molecule has 0 radical (unpaired) electrons. The molecule has 0 aromatic heterocycles. The van der Waals surface area contributed by atoms with E-state index in [1.165, 1.54) is 12.2 Å². The van der Waals surface area contributed by atoms with Crippen LogP contribution in [0.25, 0.3) is 0 Å². The molecule has 13 heavy (non-hydrogen) atoms. The molecule has 0 spiro atoms. The van der Waals surface area contributed by atoms with E-state index in [2.05, 4.69) is 0 Å². The zero-order valence-corrected chi connectivity index (χ0v) is 7.85. The van der Waals surface area contributed by atoms with E-state index < -0.39 is 16.3 Å². The highest BCUT2D eigenvalue weighted by Crippen LogP contribution is 2.18. The number of hydrogen-bond acceptors (Lipinski definition) is 3. The Balaban J connectivity index is 3.00. The summed E-state index contributed by atoms with van der Waals surface area (Å²) in [6, 6.07) is 0. The molecular weight excluding hydrogens is 215 g/mol. The fourth-order valence-corrected chi connectivity index (χ4v) is 1.21. The minimum Gasteiger partial charge on any atom is -0.294 e. The Kier molecular flexibility index (Phi) is 3.01. The van der Waals surface area contributed by atoms with Gasteiger partial charge in [-0.1, -0.05) is 6.08 Å². The van der Waals surface area contributed by atoms with Gasteiger partial charge in [-0.25, -0.2) is 0 Å². The van der Waals surface area contributed by atoms with Gasteiger partial charge in [-0.2, -0.15) is 0 Å². The monoisotopic (exact) mass is 218 g/mol. The number of Topliss-reactive ketones (excluding diaryl/α,β-unsaturated/α-hetero) is 1. The highest BCUT2D eigenvalue weighted by atomic mass is 35.5. The number of halogens is 2. The summed E-state index contributed by atoms with van der Waals surface area (Å²) in [6.45, 7) is 0. The van der Waals surface area contributed by atoms with Crippen molar-refractivity contribution in [1.29, 1.82) is 0 Å². The van der Waals surface area contributed by atoms with Crippen LogP contribution in [0.4, 0.5) is 0 Å². The number of carbonyl (C=O) groups is 3. The second kappa shape index (κ2) is 3.85. The van der Waals surface area contributed by atoms with Crippen molar-refractivity contribution in [2.75, 3.05) is 0 Å². The summed E-state index contributed by atoms with van der Waals surface area (Å²) in [4.78, 5) is 32.4. The van der Waals surface area contributed by atoms with Gasteiger partial charge in [-0.15, -0.1) is 0 Å². The van der Waals surface area contributed by atoms with Crippen LogP contribution < -0.4 is 0 Å². The van der Waals surface area contributed by atoms with E-state index in [0.717, 1.165) is 0 Å². The Morgan fingerprint density at radius 2 is 1.77 bits per heavy atom.